The highest BCUT2D eigenvalue weighted by atomic mass is 16.5. The lowest BCUT2D eigenvalue weighted by molar-refractivity contribution is -0.111. The Hall–Kier alpha value is -2.55. The predicted molar refractivity (Wildman–Crippen MR) is 77.1 cm³/mol. The zero-order chi connectivity index (χ0) is 13.5. The van der Waals surface area contributed by atoms with E-state index in [4.69, 9.17) is 4.74 Å². The fraction of sp³-hybridized carbons (Fsp3) is 0.0625. The van der Waals surface area contributed by atoms with Gasteiger partial charge in [-0.3, -0.25) is 4.79 Å². The third kappa shape index (κ3) is 3.71. The number of anilines is 1. The fourth-order valence-electron chi connectivity index (χ4n) is 1.66. The highest BCUT2D eigenvalue weighted by Gasteiger charge is 2.03. The molecule has 2 aromatic carbocycles. The third-order valence-corrected chi connectivity index (χ3v) is 2.59. The first-order valence-electron chi connectivity index (χ1n) is 5.97. The molecule has 1 amide bonds. The number of amides is 1. The zero-order valence-electron chi connectivity index (χ0n) is 10.7. The summed E-state index contributed by atoms with van der Waals surface area (Å²) in [5.41, 5.74) is 1.64. The summed E-state index contributed by atoms with van der Waals surface area (Å²) in [5.74, 6) is 0.456. The minimum atomic E-state index is -0.187. The Morgan fingerprint density at radius 3 is 2.47 bits per heavy atom. The number of nitrogens with one attached hydrogen (secondary N) is 1. The van der Waals surface area contributed by atoms with E-state index >= 15 is 0 Å². The lowest BCUT2D eigenvalue weighted by Gasteiger charge is -2.07. The van der Waals surface area contributed by atoms with Gasteiger partial charge < -0.3 is 10.1 Å². The van der Waals surface area contributed by atoms with Gasteiger partial charge in [0.15, 0.2) is 0 Å². The molecule has 0 atom stereocenters. The number of methoxy groups -OCH3 is 1. The summed E-state index contributed by atoms with van der Waals surface area (Å²) in [5, 5.41) is 2.78. The number of carbonyl (C=O) groups is 1. The van der Waals surface area contributed by atoms with Gasteiger partial charge in [-0.15, -0.1) is 0 Å². The second-order valence-corrected chi connectivity index (χ2v) is 3.93. The van der Waals surface area contributed by atoms with Gasteiger partial charge in [0.1, 0.15) is 5.75 Å². The molecule has 0 unspecified atom stereocenters. The zero-order valence-corrected chi connectivity index (χ0v) is 10.7. The number of hydrogen-bond donors (Lipinski definition) is 1. The van der Waals surface area contributed by atoms with Crippen molar-refractivity contribution in [3.05, 3.63) is 66.2 Å². The SMILES string of the molecule is COc1ccccc1NC(=O)/C=C\c1ccccc1. The maximum atomic E-state index is 11.8. The second kappa shape index (κ2) is 6.40. The highest BCUT2D eigenvalue weighted by Crippen LogP contribution is 2.22. The fourth-order valence-corrected chi connectivity index (χ4v) is 1.66. The second-order valence-electron chi connectivity index (χ2n) is 3.93. The van der Waals surface area contributed by atoms with E-state index in [1.54, 1.807) is 25.3 Å². The van der Waals surface area contributed by atoms with E-state index in [2.05, 4.69) is 5.32 Å². The molecule has 3 nitrogen and oxygen atoms in total. The maximum Gasteiger partial charge on any atom is 0.248 e. The van der Waals surface area contributed by atoms with E-state index in [1.165, 1.54) is 6.08 Å². The molecule has 2 aromatic rings. The molecule has 3 heteroatoms. The Kier molecular flexibility index (Phi) is 4.34. The van der Waals surface area contributed by atoms with Crippen LogP contribution in [0.1, 0.15) is 5.56 Å². The van der Waals surface area contributed by atoms with Crippen molar-refractivity contribution in [2.45, 2.75) is 0 Å². The minimum absolute atomic E-state index is 0.187. The van der Waals surface area contributed by atoms with E-state index in [1.807, 2.05) is 42.5 Å². The monoisotopic (exact) mass is 253 g/mol. The maximum absolute atomic E-state index is 11.8. The van der Waals surface area contributed by atoms with Gasteiger partial charge in [0.05, 0.1) is 12.8 Å². The molecule has 0 bridgehead atoms. The molecule has 2 rings (SSSR count). The van der Waals surface area contributed by atoms with Crippen LogP contribution >= 0.6 is 0 Å². The van der Waals surface area contributed by atoms with Crippen molar-refractivity contribution in [2.75, 3.05) is 12.4 Å². The van der Waals surface area contributed by atoms with Crippen molar-refractivity contribution >= 4 is 17.7 Å². The van der Waals surface area contributed by atoms with Gasteiger partial charge >= 0.3 is 0 Å². The van der Waals surface area contributed by atoms with E-state index < -0.39 is 0 Å². The van der Waals surface area contributed by atoms with Crippen LogP contribution < -0.4 is 10.1 Å². The average Bonchev–Trinajstić information content (AvgIpc) is 2.47. The third-order valence-electron chi connectivity index (χ3n) is 2.59. The van der Waals surface area contributed by atoms with E-state index in [-0.39, 0.29) is 5.91 Å². The summed E-state index contributed by atoms with van der Waals surface area (Å²) in [6.45, 7) is 0. The predicted octanol–water partition coefficient (Wildman–Crippen LogP) is 3.35. The minimum Gasteiger partial charge on any atom is -0.495 e. The molecule has 1 N–H and O–H groups in total. The van der Waals surface area contributed by atoms with Gasteiger partial charge in [-0.1, -0.05) is 42.5 Å². The van der Waals surface area contributed by atoms with Gasteiger partial charge in [0, 0.05) is 6.08 Å². The van der Waals surface area contributed by atoms with Crippen molar-refractivity contribution in [3.8, 4) is 5.75 Å². The molecule has 0 aliphatic heterocycles. The number of para-hydroxylation sites is 2. The molecule has 0 heterocycles. The van der Waals surface area contributed by atoms with Crippen LogP contribution in [-0.4, -0.2) is 13.0 Å². The molecule has 0 saturated carbocycles. The molecule has 0 aliphatic carbocycles. The first-order chi connectivity index (χ1) is 9.29. The number of ether oxygens (including phenoxy) is 1. The Balaban J connectivity index is 2.04. The van der Waals surface area contributed by atoms with Crippen LogP contribution in [0.3, 0.4) is 0 Å². The quantitative estimate of drug-likeness (QED) is 0.849. The molecular formula is C16H15NO2. The van der Waals surface area contributed by atoms with E-state index in [0.29, 0.717) is 11.4 Å². The van der Waals surface area contributed by atoms with Crippen LogP contribution in [0.2, 0.25) is 0 Å². The summed E-state index contributed by atoms with van der Waals surface area (Å²) < 4.78 is 5.17. The Bertz CT molecular complexity index is 576. The van der Waals surface area contributed by atoms with Gasteiger partial charge in [0.25, 0.3) is 0 Å². The lowest BCUT2D eigenvalue weighted by atomic mass is 10.2. The van der Waals surface area contributed by atoms with Crippen LogP contribution in [0.4, 0.5) is 5.69 Å². The van der Waals surface area contributed by atoms with Crippen LogP contribution in [0.25, 0.3) is 6.08 Å². The molecule has 0 saturated heterocycles. The molecular weight excluding hydrogens is 238 g/mol. The van der Waals surface area contributed by atoms with Crippen molar-refractivity contribution in [2.24, 2.45) is 0 Å². The van der Waals surface area contributed by atoms with Gasteiger partial charge in [-0.25, -0.2) is 0 Å². The lowest BCUT2D eigenvalue weighted by Crippen LogP contribution is -2.08. The van der Waals surface area contributed by atoms with Crippen molar-refractivity contribution in [3.63, 3.8) is 0 Å². The van der Waals surface area contributed by atoms with Crippen LogP contribution in [-0.2, 0) is 4.79 Å². The topological polar surface area (TPSA) is 38.3 Å². The molecule has 96 valence electrons. The summed E-state index contributed by atoms with van der Waals surface area (Å²) in [7, 11) is 1.57. The molecule has 0 fully saturated rings. The van der Waals surface area contributed by atoms with Gasteiger partial charge in [0.2, 0.25) is 5.91 Å². The van der Waals surface area contributed by atoms with Crippen molar-refractivity contribution < 1.29 is 9.53 Å². The molecule has 0 aromatic heterocycles. The Morgan fingerprint density at radius 2 is 1.74 bits per heavy atom. The van der Waals surface area contributed by atoms with Crippen LogP contribution in [0.5, 0.6) is 5.75 Å². The number of rotatable bonds is 4. The van der Waals surface area contributed by atoms with Crippen LogP contribution in [0, 0.1) is 0 Å². The molecule has 19 heavy (non-hydrogen) atoms. The standard InChI is InChI=1S/C16H15NO2/c1-19-15-10-6-5-9-14(15)17-16(18)12-11-13-7-3-2-4-8-13/h2-12H,1H3,(H,17,18)/b12-11-. The first kappa shape index (κ1) is 12.9. The molecule has 0 aliphatic rings. The summed E-state index contributed by atoms with van der Waals surface area (Å²) >= 11 is 0. The summed E-state index contributed by atoms with van der Waals surface area (Å²) in [4.78, 5) is 11.8. The summed E-state index contributed by atoms with van der Waals surface area (Å²) in [6, 6.07) is 17.0. The Morgan fingerprint density at radius 1 is 1.05 bits per heavy atom. The first-order valence-corrected chi connectivity index (χ1v) is 5.97. The summed E-state index contributed by atoms with van der Waals surface area (Å²) in [6.07, 6.45) is 3.27. The number of hydrogen-bond acceptors (Lipinski definition) is 2. The number of carbonyl (C=O) groups excluding carboxylic acids is 1. The van der Waals surface area contributed by atoms with Crippen LogP contribution in [0.15, 0.2) is 60.7 Å². The average molecular weight is 253 g/mol. The van der Waals surface area contributed by atoms with Crippen molar-refractivity contribution in [1.82, 2.24) is 0 Å². The largest absolute Gasteiger partial charge is 0.495 e. The normalized spacial score (nSPS) is 10.4. The van der Waals surface area contributed by atoms with E-state index in [0.717, 1.165) is 5.56 Å². The van der Waals surface area contributed by atoms with E-state index in [9.17, 15) is 4.79 Å². The molecule has 0 radical (unpaired) electrons. The highest BCUT2D eigenvalue weighted by molar-refractivity contribution is 6.02. The Labute approximate surface area is 112 Å². The number of benzene rings is 2. The van der Waals surface area contributed by atoms with Gasteiger partial charge in [-0.2, -0.15) is 0 Å². The van der Waals surface area contributed by atoms with Crippen molar-refractivity contribution in [1.29, 1.82) is 0 Å². The smallest absolute Gasteiger partial charge is 0.248 e. The molecule has 0 spiro atoms. The van der Waals surface area contributed by atoms with Gasteiger partial charge in [-0.05, 0) is 23.8 Å².